The van der Waals surface area contributed by atoms with Crippen molar-refractivity contribution in [2.75, 3.05) is 6.54 Å². The number of aliphatic hydroxyl groups is 1. The van der Waals surface area contributed by atoms with Crippen molar-refractivity contribution in [2.24, 2.45) is 0 Å². The molecule has 23 heavy (non-hydrogen) atoms. The monoisotopic (exact) mass is 314 g/mol. The van der Waals surface area contributed by atoms with Gasteiger partial charge in [-0.2, -0.15) is 0 Å². The molecule has 0 aliphatic heterocycles. The van der Waals surface area contributed by atoms with Gasteiger partial charge < -0.3 is 10.4 Å². The molecule has 0 aliphatic carbocycles. The molecule has 2 N–H and O–H groups in total. The molecular weight excluding hydrogens is 296 g/mol. The number of aliphatic hydroxyl groups excluding tert-OH is 1. The van der Waals surface area contributed by atoms with E-state index in [-0.39, 0.29) is 24.6 Å². The minimum atomic E-state index is -0.466. The SMILES string of the molecule is O=C(Cc1ccc([N+](=O)[O-])cc1)NCCc1ccc(CO)cc1. The number of hydrogen-bond donors (Lipinski definition) is 2. The lowest BCUT2D eigenvalue weighted by molar-refractivity contribution is -0.384. The van der Waals surface area contributed by atoms with Gasteiger partial charge in [0, 0.05) is 18.7 Å². The van der Waals surface area contributed by atoms with Gasteiger partial charge in [0.15, 0.2) is 0 Å². The number of carbonyl (C=O) groups is 1. The highest BCUT2D eigenvalue weighted by molar-refractivity contribution is 5.78. The normalized spacial score (nSPS) is 10.3. The predicted molar refractivity (Wildman–Crippen MR) is 85.9 cm³/mol. The minimum absolute atomic E-state index is 0.0143. The Morgan fingerprint density at radius 2 is 1.57 bits per heavy atom. The molecule has 0 bridgehead atoms. The van der Waals surface area contributed by atoms with Crippen LogP contribution in [0, 0.1) is 10.1 Å². The van der Waals surface area contributed by atoms with Crippen LogP contribution in [0.5, 0.6) is 0 Å². The van der Waals surface area contributed by atoms with Crippen molar-refractivity contribution in [3.8, 4) is 0 Å². The number of nitro groups is 1. The number of nitrogens with zero attached hydrogens (tertiary/aromatic N) is 1. The number of benzene rings is 2. The fraction of sp³-hybridized carbons (Fsp3) is 0.235. The van der Waals surface area contributed by atoms with Crippen LogP contribution in [0.15, 0.2) is 48.5 Å². The second-order valence-corrected chi connectivity index (χ2v) is 5.17. The van der Waals surface area contributed by atoms with Crippen LogP contribution >= 0.6 is 0 Å². The number of non-ortho nitro benzene ring substituents is 1. The highest BCUT2D eigenvalue weighted by Crippen LogP contribution is 2.12. The van der Waals surface area contributed by atoms with Gasteiger partial charge in [0.2, 0.25) is 5.91 Å². The third-order valence-corrected chi connectivity index (χ3v) is 3.45. The number of carbonyl (C=O) groups excluding carboxylic acids is 1. The summed E-state index contributed by atoms with van der Waals surface area (Å²) in [5.41, 5.74) is 2.69. The highest BCUT2D eigenvalue weighted by atomic mass is 16.6. The Morgan fingerprint density at radius 3 is 2.13 bits per heavy atom. The molecule has 0 heterocycles. The van der Waals surface area contributed by atoms with E-state index in [0.29, 0.717) is 13.0 Å². The van der Waals surface area contributed by atoms with Crippen molar-refractivity contribution in [3.63, 3.8) is 0 Å². The Morgan fingerprint density at radius 1 is 1.00 bits per heavy atom. The van der Waals surface area contributed by atoms with Crippen molar-refractivity contribution < 1.29 is 14.8 Å². The van der Waals surface area contributed by atoms with Crippen molar-refractivity contribution in [2.45, 2.75) is 19.4 Å². The summed E-state index contributed by atoms with van der Waals surface area (Å²) in [5.74, 6) is -0.120. The lowest BCUT2D eigenvalue weighted by atomic mass is 10.1. The molecule has 1 amide bonds. The van der Waals surface area contributed by atoms with E-state index in [2.05, 4.69) is 5.32 Å². The Hall–Kier alpha value is -2.73. The van der Waals surface area contributed by atoms with Gasteiger partial charge in [0.1, 0.15) is 0 Å². The summed E-state index contributed by atoms with van der Waals surface area (Å²) in [5, 5.41) is 22.4. The summed E-state index contributed by atoms with van der Waals surface area (Å²) < 4.78 is 0. The fourth-order valence-corrected chi connectivity index (χ4v) is 2.14. The molecule has 2 rings (SSSR count). The van der Waals surface area contributed by atoms with Gasteiger partial charge in [-0.1, -0.05) is 36.4 Å². The van der Waals surface area contributed by atoms with Crippen LogP contribution in [-0.4, -0.2) is 22.5 Å². The van der Waals surface area contributed by atoms with Crippen LogP contribution in [0.4, 0.5) is 5.69 Å². The average Bonchev–Trinajstić information content (AvgIpc) is 2.56. The summed E-state index contributed by atoms with van der Waals surface area (Å²) in [7, 11) is 0. The standard InChI is InChI=1S/C17H18N2O4/c20-12-15-3-1-13(2-4-15)9-10-18-17(21)11-14-5-7-16(8-6-14)19(22)23/h1-8,20H,9-12H2,(H,18,21). The largest absolute Gasteiger partial charge is 0.392 e. The molecule has 0 saturated heterocycles. The van der Waals surface area contributed by atoms with Crippen LogP contribution in [0.25, 0.3) is 0 Å². The third kappa shape index (κ3) is 5.19. The second kappa shape index (κ2) is 8.05. The molecule has 0 aromatic heterocycles. The molecule has 0 spiro atoms. The topological polar surface area (TPSA) is 92.5 Å². The van der Waals surface area contributed by atoms with Crippen molar-refractivity contribution in [1.29, 1.82) is 0 Å². The Bertz CT molecular complexity index is 666. The van der Waals surface area contributed by atoms with Crippen LogP contribution in [0.3, 0.4) is 0 Å². The number of nitrogens with one attached hydrogen (secondary N) is 1. The van der Waals surface area contributed by atoms with E-state index < -0.39 is 4.92 Å². The van der Waals surface area contributed by atoms with Crippen LogP contribution in [0.2, 0.25) is 0 Å². The zero-order valence-corrected chi connectivity index (χ0v) is 12.6. The van der Waals surface area contributed by atoms with E-state index in [9.17, 15) is 14.9 Å². The quantitative estimate of drug-likeness (QED) is 0.604. The molecule has 0 fully saturated rings. The predicted octanol–water partition coefficient (Wildman–Crippen LogP) is 1.99. The summed E-state index contributed by atoms with van der Waals surface area (Å²) in [6.07, 6.45) is 0.902. The Kier molecular flexibility index (Phi) is 5.82. The van der Waals surface area contributed by atoms with Gasteiger partial charge in [-0.25, -0.2) is 0 Å². The zero-order valence-electron chi connectivity index (χ0n) is 12.6. The first-order valence-corrected chi connectivity index (χ1v) is 7.27. The lowest BCUT2D eigenvalue weighted by Crippen LogP contribution is -2.27. The maximum atomic E-state index is 11.8. The van der Waals surface area contributed by atoms with E-state index >= 15 is 0 Å². The van der Waals surface area contributed by atoms with Gasteiger partial charge in [-0.3, -0.25) is 14.9 Å². The molecule has 0 saturated carbocycles. The van der Waals surface area contributed by atoms with Crippen molar-refractivity contribution in [1.82, 2.24) is 5.32 Å². The summed E-state index contributed by atoms with van der Waals surface area (Å²) in [6.45, 7) is 0.538. The number of hydrogen-bond acceptors (Lipinski definition) is 4. The second-order valence-electron chi connectivity index (χ2n) is 5.17. The molecule has 0 unspecified atom stereocenters. The Balaban J connectivity index is 1.77. The van der Waals surface area contributed by atoms with E-state index in [1.807, 2.05) is 24.3 Å². The zero-order chi connectivity index (χ0) is 16.7. The molecule has 2 aromatic carbocycles. The van der Waals surface area contributed by atoms with E-state index in [4.69, 9.17) is 5.11 Å². The van der Waals surface area contributed by atoms with Crippen LogP contribution in [0.1, 0.15) is 16.7 Å². The first-order valence-electron chi connectivity index (χ1n) is 7.27. The number of nitro benzene ring substituents is 1. The van der Waals surface area contributed by atoms with E-state index in [0.717, 1.165) is 16.7 Å². The Labute approximate surface area is 133 Å². The molecule has 120 valence electrons. The summed E-state index contributed by atoms with van der Waals surface area (Å²) in [4.78, 5) is 21.9. The van der Waals surface area contributed by atoms with Gasteiger partial charge in [-0.05, 0) is 23.1 Å². The van der Waals surface area contributed by atoms with Gasteiger partial charge in [0.25, 0.3) is 5.69 Å². The van der Waals surface area contributed by atoms with E-state index in [1.54, 1.807) is 12.1 Å². The number of amides is 1. The van der Waals surface area contributed by atoms with Crippen LogP contribution in [-0.2, 0) is 24.2 Å². The molecule has 6 nitrogen and oxygen atoms in total. The molecule has 0 aliphatic rings. The lowest BCUT2D eigenvalue weighted by Gasteiger charge is -2.06. The fourth-order valence-electron chi connectivity index (χ4n) is 2.14. The van der Waals surface area contributed by atoms with E-state index in [1.165, 1.54) is 12.1 Å². The van der Waals surface area contributed by atoms with Crippen molar-refractivity contribution in [3.05, 3.63) is 75.3 Å². The van der Waals surface area contributed by atoms with Gasteiger partial charge in [0.05, 0.1) is 18.0 Å². The van der Waals surface area contributed by atoms with Crippen LogP contribution < -0.4 is 5.32 Å². The smallest absolute Gasteiger partial charge is 0.269 e. The summed E-state index contributed by atoms with van der Waals surface area (Å²) >= 11 is 0. The number of rotatable bonds is 7. The average molecular weight is 314 g/mol. The van der Waals surface area contributed by atoms with Crippen molar-refractivity contribution >= 4 is 11.6 Å². The summed E-state index contributed by atoms with van der Waals surface area (Å²) in [6, 6.07) is 13.5. The molecule has 0 radical (unpaired) electrons. The van der Waals surface area contributed by atoms with Gasteiger partial charge >= 0.3 is 0 Å². The molecular formula is C17H18N2O4. The first-order chi connectivity index (χ1) is 11.1. The maximum absolute atomic E-state index is 11.8. The highest BCUT2D eigenvalue weighted by Gasteiger charge is 2.07. The third-order valence-electron chi connectivity index (χ3n) is 3.45. The maximum Gasteiger partial charge on any atom is 0.269 e. The van der Waals surface area contributed by atoms with Gasteiger partial charge in [-0.15, -0.1) is 0 Å². The minimum Gasteiger partial charge on any atom is -0.392 e. The first kappa shape index (κ1) is 16.6. The molecule has 0 atom stereocenters. The molecule has 6 heteroatoms. The molecule has 2 aromatic rings.